The topological polar surface area (TPSA) is 46.5 Å². The van der Waals surface area contributed by atoms with E-state index >= 15 is 0 Å². The molecule has 0 spiro atoms. The van der Waals surface area contributed by atoms with E-state index in [4.69, 9.17) is 4.74 Å². The highest BCUT2D eigenvalue weighted by Crippen LogP contribution is 2.49. The first-order valence-corrected chi connectivity index (χ1v) is 8.82. The highest BCUT2D eigenvalue weighted by Gasteiger charge is 2.55. The summed E-state index contributed by atoms with van der Waals surface area (Å²) in [6.45, 7) is 0. The molecule has 130 valence electrons. The van der Waals surface area contributed by atoms with Crippen molar-refractivity contribution in [3.05, 3.63) is 102 Å². The normalized spacial score (nSPS) is 21.0. The van der Waals surface area contributed by atoms with Gasteiger partial charge in [0.2, 0.25) is 0 Å². The summed E-state index contributed by atoms with van der Waals surface area (Å²) in [5.74, 6) is -0.205. The first kappa shape index (κ1) is 16.4. The third-order valence-electron chi connectivity index (χ3n) is 5.17. The zero-order valence-electron chi connectivity index (χ0n) is 14.3. The van der Waals surface area contributed by atoms with E-state index in [9.17, 15) is 9.90 Å². The number of benzene rings is 3. The van der Waals surface area contributed by atoms with Gasteiger partial charge in [0.15, 0.2) is 5.41 Å². The van der Waals surface area contributed by atoms with Gasteiger partial charge in [0, 0.05) is 5.56 Å². The molecule has 0 bridgehead atoms. The van der Waals surface area contributed by atoms with E-state index < -0.39 is 17.5 Å². The van der Waals surface area contributed by atoms with Gasteiger partial charge in [-0.05, 0) is 30.0 Å². The van der Waals surface area contributed by atoms with Crippen molar-refractivity contribution in [2.24, 2.45) is 0 Å². The number of fused-ring (bicyclic) bond motifs is 1. The summed E-state index contributed by atoms with van der Waals surface area (Å²) in [5.41, 5.74) is 1.48. The van der Waals surface area contributed by atoms with E-state index in [1.54, 1.807) is 0 Å². The Morgan fingerprint density at radius 2 is 1.50 bits per heavy atom. The van der Waals surface area contributed by atoms with E-state index in [1.807, 2.05) is 72.8 Å². The van der Waals surface area contributed by atoms with Crippen LogP contribution in [0.25, 0.3) is 0 Å². The molecule has 0 saturated carbocycles. The smallest absolute Gasteiger partial charge is 0.322 e. The summed E-state index contributed by atoms with van der Waals surface area (Å²) in [4.78, 5) is 12.6. The van der Waals surface area contributed by atoms with E-state index in [-0.39, 0.29) is 0 Å². The van der Waals surface area contributed by atoms with Gasteiger partial charge in [-0.25, -0.2) is 0 Å². The minimum atomic E-state index is -1.19. The van der Waals surface area contributed by atoms with E-state index in [0.717, 1.165) is 17.5 Å². The van der Waals surface area contributed by atoms with Gasteiger partial charge in [-0.15, -0.1) is 0 Å². The highest BCUT2D eigenvalue weighted by atomic mass is 16.5. The van der Waals surface area contributed by atoms with Crippen LogP contribution in [0.5, 0.6) is 5.75 Å². The molecule has 2 atom stereocenters. The van der Waals surface area contributed by atoms with Gasteiger partial charge in [-0.3, -0.25) is 4.79 Å². The Morgan fingerprint density at radius 1 is 0.885 bits per heavy atom. The number of carbonyl (C=O) groups is 1. The van der Waals surface area contributed by atoms with Crippen molar-refractivity contribution in [2.75, 3.05) is 0 Å². The first-order valence-electron chi connectivity index (χ1n) is 8.82. The van der Waals surface area contributed by atoms with Crippen molar-refractivity contribution in [3.8, 4) is 5.75 Å². The van der Waals surface area contributed by atoms with Gasteiger partial charge in [0.1, 0.15) is 11.9 Å². The molecule has 0 saturated heterocycles. The van der Waals surface area contributed by atoms with Crippen LogP contribution in [0.2, 0.25) is 0 Å². The summed E-state index contributed by atoms with van der Waals surface area (Å²) in [6, 6.07) is 27.0. The molecule has 0 unspecified atom stereocenters. The zero-order chi connectivity index (χ0) is 18.0. The van der Waals surface area contributed by atoms with Crippen molar-refractivity contribution in [1.82, 2.24) is 0 Å². The number of hydrogen-bond donors (Lipinski definition) is 1. The second-order valence-corrected chi connectivity index (χ2v) is 6.61. The van der Waals surface area contributed by atoms with Crippen LogP contribution >= 0.6 is 0 Å². The number of aryl methyl sites for hydroxylation is 1. The fraction of sp³-hybridized carbons (Fsp3) is 0.174. The van der Waals surface area contributed by atoms with Gasteiger partial charge in [-0.1, -0.05) is 78.9 Å². The van der Waals surface area contributed by atoms with E-state index in [0.29, 0.717) is 12.2 Å². The van der Waals surface area contributed by atoms with Crippen molar-refractivity contribution in [1.29, 1.82) is 0 Å². The van der Waals surface area contributed by atoms with Gasteiger partial charge >= 0.3 is 5.97 Å². The maximum Gasteiger partial charge on any atom is 0.322 e. The standard InChI is InChI=1S/C23H20O3/c24-22(25)23(18-11-5-2-6-12-18)19-13-7-8-14-20(19)26-21(23)16-15-17-9-3-1-4-10-17/h1-14,21H,15-16H2,(H,24,25)/t21-,23+/m1/s1. The number of ether oxygens (including phenoxy) is 1. The summed E-state index contributed by atoms with van der Waals surface area (Å²) in [5, 5.41) is 10.4. The SMILES string of the molecule is O=C(O)[C@@]1(c2ccccc2)c2ccccc2O[C@@H]1CCc1ccccc1. The Bertz CT molecular complexity index is 905. The molecule has 0 amide bonds. The fourth-order valence-corrected chi connectivity index (χ4v) is 3.95. The van der Waals surface area contributed by atoms with Crippen LogP contribution in [0.4, 0.5) is 0 Å². The lowest BCUT2D eigenvalue weighted by molar-refractivity contribution is -0.144. The summed E-state index contributed by atoms with van der Waals surface area (Å²) in [6.07, 6.45) is 0.932. The number of rotatable bonds is 5. The van der Waals surface area contributed by atoms with Crippen LogP contribution in [0, 0.1) is 0 Å². The van der Waals surface area contributed by atoms with E-state index in [1.165, 1.54) is 5.56 Å². The molecule has 3 heteroatoms. The molecule has 0 aliphatic carbocycles. The number of carboxylic acids is 1. The second-order valence-electron chi connectivity index (χ2n) is 6.61. The summed E-state index contributed by atoms with van der Waals surface area (Å²) < 4.78 is 6.18. The third-order valence-corrected chi connectivity index (χ3v) is 5.17. The predicted molar refractivity (Wildman–Crippen MR) is 100 cm³/mol. The maximum absolute atomic E-state index is 12.6. The molecule has 3 nitrogen and oxygen atoms in total. The molecule has 1 N–H and O–H groups in total. The van der Waals surface area contributed by atoms with E-state index in [2.05, 4.69) is 12.1 Å². The van der Waals surface area contributed by atoms with Crippen LogP contribution in [0.1, 0.15) is 23.1 Å². The maximum atomic E-state index is 12.6. The quantitative estimate of drug-likeness (QED) is 0.744. The Labute approximate surface area is 152 Å². The van der Waals surface area contributed by atoms with Gasteiger partial charge in [0.25, 0.3) is 0 Å². The summed E-state index contributed by atoms with van der Waals surface area (Å²) >= 11 is 0. The van der Waals surface area contributed by atoms with Crippen molar-refractivity contribution in [3.63, 3.8) is 0 Å². The minimum absolute atomic E-state index is 0.458. The Kier molecular flexibility index (Phi) is 4.21. The van der Waals surface area contributed by atoms with Crippen LogP contribution in [-0.4, -0.2) is 17.2 Å². The molecule has 0 fully saturated rings. The second kappa shape index (κ2) is 6.68. The molecule has 1 heterocycles. The first-order chi connectivity index (χ1) is 12.7. The molecule has 0 radical (unpaired) electrons. The lowest BCUT2D eigenvalue weighted by atomic mass is 9.70. The van der Waals surface area contributed by atoms with Crippen molar-refractivity contribution >= 4 is 5.97 Å². The number of carboxylic acid groups (broad SMARTS) is 1. The molecule has 26 heavy (non-hydrogen) atoms. The zero-order valence-corrected chi connectivity index (χ0v) is 14.3. The van der Waals surface area contributed by atoms with Gasteiger partial charge in [-0.2, -0.15) is 0 Å². The van der Waals surface area contributed by atoms with Crippen molar-refractivity contribution in [2.45, 2.75) is 24.4 Å². The lowest BCUT2D eigenvalue weighted by Crippen LogP contribution is -2.46. The average molecular weight is 344 g/mol. The molecule has 3 aromatic rings. The number of para-hydroxylation sites is 1. The Balaban J connectivity index is 1.79. The predicted octanol–water partition coefficient (Wildman–Crippen LogP) is 4.45. The van der Waals surface area contributed by atoms with Crippen molar-refractivity contribution < 1.29 is 14.6 Å². The highest BCUT2D eigenvalue weighted by molar-refractivity contribution is 5.89. The van der Waals surface area contributed by atoms with Gasteiger partial charge in [0.05, 0.1) is 0 Å². The van der Waals surface area contributed by atoms with Crippen LogP contribution in [0.3, 0.4) is 0 Å². The molecule has 3 aromatic carbocycles. The largest absolute Gasteiger partial charge is 0.488 e. The Morgan fingerprint density at radius 3 is 2.19 bits per heavy atom. The number of hydrogen-bond acceptors (Lipinski definition) is 2. The molecule has 1 aliphatic rings. The lowest BCUT2D eigenvalue weighted by Gasteiger charge is -2.31. The fourth-order valence-electron chi connectivity index (χ4n) is 3.95. The third kappa shape index (κ3) is 2.57. The van der Waals surface area contributed by atoms with Crippen LogP contribution < -0.4 is 4.74 Å². The van der Waals surface area contributed by atoms with Crippen LogP contribution in [0.15, 0.2) is 84.9 Å². The Hall–Kier alpha value is -3.07. The molecule has 4 rings (SSSR count). The van der Waals surface area contributed by atoms with Gasteiger partial charge < -0.3 is 9.84 Å². The summed E-state index contributed by atoms with van der Waals surface area (Å²) in [7, 11) is 0. The molecule has 0 aromatic heterocycles. The monoisotopic (exact) mass is 344 g/mol. The molecule has 1 aliphatic heterocycles. The molecular weight excluding hydrogens is 324 g/mol. The molecular formula is C23H20O3. The minimum Gasteiger partial charge on any atom is -0.488 e. The average Bonchev–Trinajstić information content (AvgIpc) is 3.03. The van der Waals surface area contributed by atoms with Crippen LogP contribution in [-0.2, 0) is 16.6 Å². The number of aliphatic carboxylic acids is 1.